The van der Waals surface area contributed by atoms with E-state index >= 15 is 0 Å². The summed E-state index contributed by atoms with van der Waals surface area (Å²) in [6.45, 7) is 3.36. The SMILES string of the molecule is CCCNC(c1cncs1)C1CCCCCC1. The second-order valence-corrected chi connectivity index (χ2v) is 6.01. The van der Waals surface area contributed by atoms with Gasteiger partial charge in [-0.15, -0.1) is 11.3 Å². The summed E-state index contributed by atoms with van der Waals surface area (Å²) in [5.41, 5.74) is 1.96. The number of rotatable bonds is 5. The number of hydrogen-bond acceptors (Lipinski definition) is 3. The Kier molecular flexibility index (Phi) is 5.46. The van der Waals surface area contributed by atoms with Crippen molar-refractivity contribution in [1.82, 2.24) is 10.3 Å². The van der Waals surface area contributed by atoms with E-state index in [1.54, 1.807) is 0 Å². The minimum absolute atomic E-state index is 0.556. The maximum absolute atomic E-state index is 4.25. The minimum Gasteiger partial charge on any atom is -0.309 e. The van der Waals surface area contributed by atoms with Crippen LogP contribution in [-0.2, 0) is 0 Å². The van der Waals surface area contributed by atoms with Crippen LogP contribution < -0.4 is 5.32 Å². The molecule has 0 bridgehead atoms. The van der Waals surface area contributed by atoms with E-state index in [4.69, 9.17) is 0 Å². The lowest BCUT2D eigenvalue weighted by Gasteiger charge is -2.26. The first-order valence-corrected chi connectivity index (χ1v) is 7.91. The zero-order chi connectivity index (χ0) is 11.9. The topological polar surface area (TPSA) is 24.9 Å². The van der Waals surface area contributed by atoms with Crippen molar-refractivity contribution in [3.8, 4) is 0 Å². The van der Waals surface area contributed by atoms with Crippen LogP contribution in [0.4, 0.5) is 0 Å². The highest BCUT2D eigenvalue weighted by atomic mass is 32.1. The quantitative estimate of drug-likeness (QED) is 0.796. The van der Waals surface area contributed by atoms with Crippen molar-refractivity contribution in [1.29, 1.82) is 0 Å². The molecule has 1 heterocycles. The molecule has 1 aliphatic carbocycles. The molecule has 96 valence electrons. The van der Waals surface area contributed by atoms with Crippen LogP contribution in [0.5, 0.6) is 0 Å². The van der Waals surface area contributed by atoms with Gasteiger partial charge >= 0.3 is 0 Å². The van der Waals surface area contributed by atoms with Crippen LogP contribution in [-0.4, -0.2) is 11.5 Å². The lowest BCUT2D eigenvalue weighted by molar-refractivity contribution is 0.329. The molecule has 0 saturated heterocycles. The van der Waals surface area contributed by atoms with E-state index in [1.807, 2.05) is 16.8 Å². The molecule has 1 unspecified atom stereocenters. The second kappa shape index (κ2) is 7.12. The molecule has 1 aromatic rings. The van der Waals surface area contributed by atoms with Crippen molar-refractivity contribution in [3.63, 3.8) is 0 Å². The summed E-state index contributed by atoms with van der Waals surface area (Å²) in [5.74, 6) is 0.824. The average molecular weight is 252 g/mol. The van der Waals surface area contributed by atoms with E-state index < -0.39 is 0 Å². The first-order chi connectivity index (χ1) is 8.42. The fraction of sp³-hybridized carbons (Fsp3) is 0.786. The number of aromatic nitrogens is 1. The lowest BCUT2D eigenvalue weighted by Crippen LogP contribution is -2.28. The molecule has 0 radical (unpaired) electrons. The van der Waals surface area contributed by atoms with Gasteiger partial charge in [0.2, 0.25) is 0 Å². The summed E-state index contributed by atoms with van der Waals surface area (Å²) >= 11 is 1.81. The van der Waals surface area contributed by atoms with Crippen LogP contribution >= 0.6 is 11.3 Å². The van der Waals surface area contributed by atoms with Crippen LogP contribution in [0.15, 0.2) is 11.7 Å². The van der Waals surface area contributed by atoms with Crippen molar-refractivity contribution in [2.24, 2.45) is 5.92 Å². The molecule has 3 heteroatoms. The summed E-state index contributed by atoms with van der Waals surface area (Å²) in [5, 5.41) is 3.74. The van der Waals surface area contributed by atoms with E-state index in [9.17, 15) is 0 Å². The molecule has 1 saturated carbocycles. The van der Waals surface area contributed by atoms with Gasteiger partial charge < -0.3 is 5.32 Å². The largest absolute Gasteiger partial charge is 0.309 e. The van der Waals surface area contributed by atoms with Crippen molar-refractivity contribution < 1.29 is 0 Å². The van der Waals surface area contributed by atoms with E-state index in [2.05, 4.69) is 23.4 Å². The molecule has 1 N–H and O–H groups in total. The zero-order valence-electron chi connectivity index (χ0n) is 10.8. The monoisotopic (exact) mass is 252 g/mol. The third-order valence-electron chi connectivity index (χ3n) is 3.74. The first kappa shape index (κ1) is 13.0. The second-order valence-electron chi connectivity index (χ2n) is 5.09. The fourth-order valence-corrected chi connectivity index (χ4v) is 3.61. The summed E-state index contributed by atoms with van der Waals surface area (Å²) in [4.78, 5) is 5.68. The maximum Gasteiger partial charge on any atom is 0.0794 e. The maximum atomic E-state index is 4.25. The van der Waals surface area contributed by atoms with Crippen LogP contribution in [0.3, 0.4) is 0 Å². The van der Waals surface area contributed by atoms with E-state index in [1.165, 1.54) is 49.8 Å². The third-order valence-corrected chi connectivity index (χ3v) is 4.60. The Morgan fingerprint density at radius 2 is 2.12 bits per heavy atom. The van der Waals surface area contributed by atoms with Crippen molar-refractivity contribution in [3.05, 3.63) is 16.6 Å². The van der Waals surface area contributed by atoms with Gasteiger partial charge in [0.1, 0.15) is 0 Å². The molecule has 2 nitrogen and oxygen atoms in total. The van der Waals surface area contributed by atoms with Crippen molar-refractivity contribution in [2.75, 3.05) is 6.54 Å². The Balaban J connectivity index is 2.02. The van der Waals surface area contributed by atoms with Crippen LogP contribution in [0, 0.1) is 5.92 Å². The average Bonchev–Trinajstić information content (AvgIpc) is 2.73. The number of thiazole rings is 1. The Morgan fingerprint density at radius 1 is 1.35 bits per heavy atom. The van der Waals surface area contributed by atoms with Gasteiger partial charge in [-0.25, -0.2) is 0 Å². The summed E-state index contributed by atoms with van der Waals surface area (Å²) in [7, 11) is 0. The van der Waals surface area contributed by atoms with Gasteiger partial charge in [0, 0.05) is 17.1 Å². The van der Waals surface area contributed by atoms with Gasteiger partial charge in [-0.1, -0.05) is 32.6 Å². The Bertz CT molecular complexity index is 289. The van der Waals surface area contributed by atoms with Gasteiger partial charge in [-0.05, 0) is 31.7 Å². The Hall–Kier alpha value is -0.410. The van der Waals surface area contributed by atoms with E-state index in [0.29, 0.717) is 6.04 Å². The molecule has 0 amide bonds. The number of nitrogens with one attached hydrogen (secondary N) is 1. The van der Waals surface area contributed by atoms with Crippen LogP contribution in [0.25, 0.3) is 0 Å². The molecule has 1 fully saturated rings. The standard InChI is InChI=1S/C14H24N2S/c1-2-9-16-14(13-10-15-11-17-13)12-7-5-3-4-6-8-12/h10-12,14,16H,2-9H2,1H3. The smallest absolute Gasteiger partial charge is 0.0794 e. The molecular weight excluding hydrogens is 228 g/mol. The summed E-state index contributed by atoms with van der Waals surface area (Å²) in [6, 6.07) is 0.556. The van der Waals surface area contributed by atoms with Crippen LogP contribution in [0.1, 0.15) is 62.8 Å². The predicted molar refractivity (Wildman–Crippen MR) is 74.3 cm³/mol. The van der Waals surface area contributed by atoms with Gasteiger partial charge in [-0.3, -0.25) is 4.98 Å². The van der Waals surface area contributed by atoms with Gasteiger partial charge in [0.15, 0.2) is 0 Å². The summed E-state index contributed by atoms with van der Waals surface area (Å²) < 4.78 is 0. The van der Waals surface area contributed by atoms with Crippen LogP contribution in [0.2, 0.25) is 0 Å². The molecule has 0 aliphatic heterocycles. The van der Waals surface area contributed by atoms with Gasteiger partial charge in [-0.2, -0.15) is 0 Å². The van der Waals surface area contributed by atoms with Gasteiger partial charge in [0.05, 0.1) is 5.51 Å². The fourth-order valence-electron chi connectivity index (χ4n) is 2.82. The molecule has 2 rings (SSSR count). The molecule has 1 aromatic heterocycles. The molecule has 17 heavy (non-hydrogen) atoms. The Morgan fingerprint density at radius 3 is 2.71 bits per heavy atom. The van der Waals surface area contributed by atoms with Crippen molar-refractivity contribution in [2.45, 2.75) is 57.9 Å². The highest BCUT2D eigenvalue weighted by Crippen LogP contribution is 2.34. The number of nitrogens with zero attached hydrogens (tertiary/aromatic N) is 1. The van der Waals surface area contributed by atoms with E-state index in [0.717, 1.165) is 12.5 Å². The lowest BCUT2D eigenvalue weighted by atomic mass is 9.91. The van der Waals surface area contributed by atoms with Gasteiger partial charge in [0.25, 0.3) is 0 Å². The molecule has 1 aliphatic rings. The highest BCUT2D eigenvalue weighted by Gasteiger charge is 2.24. The normalized spacial score (nSPS) is 20.1. The Labute approximate surface area is 109 Å². The predicted octanol–water partition coefficient (Wildman–Crippen LogP) is 4.15. The highest BCUT2D eigenvalue weighted by molar-refractivity contribution is 7.09. The third kappa shape index (κ3) is 3.78. The zero-order valence-corrected chi connectivity index (χ0v) is 11.6. The molecule has 1 atom stereocenters. The van der Waals surface area contributed by atoms with Crippen molar-refractivity contribution >= 4 is 11.3 Å². The minimum atomic E-state index is 0.556. The number of hydrogen-bond donors (Lipinski definition) is 1. The first-order valence-electron chi connectivity index (χ1n) is 7.03. The van der Waals surface area contributed by atoms with E-state index in [-0.39, 0.29) is 0 Å². The molecule has 0 spiro atoms. The molecule has 0 aromatic carbocycles. The molecular formula is C14H24N2S. The summed E-state index contributed by atoms with van der Waals surface area (Å²) in [6.07, 6.45) is 11.7.